The molecular weight excluding hydrogens is 202 g/mol. The quantitative estimate of drug-likeness (QED) is 0.810. The summed E-state index contributed by atoms with van der Waals surface area (Å²) < 4.78 is 5.72. The summed E-state index contributed by atoms with van der Waals surface area (Å²) in [6, 6.07) is 2.14. The molecule has 2 heterocycles. The second-order valence-corrected chi connectivity index (χ2v) is 4.24. The van der Waals surface area contributed by atoms with Crippen LogP contribution < -0.4 is 11.1 Å². The van der Waals surface area contributed by atoms with Crippen LogP contribution in [0.5, 0.6) is 0 Å². The zero-order chi connectivity index (χ0) is 11.5. The number of ether oxygens (including phenoxy) is 1. The SMILES string of the molecule is CNC(c1c(C)ccnc1N)C1CCCO1. The highest BCUT2D eigenvalue weighted by Gasteiger charge is 2.28. The summed E-state index contributed by atoms with van der Waals surface area (Å²) in [7, 11) is 1.94. The lowest BCUT2D eigenvalue weighted by Crippen LogP contribution is -2.30. The summed E-state index contributed by atoms with van der Waals surface area (Å²) in [5.41, 5.74) is 8.21. The third kappa shape index (κ3) is 2.03. The van der Waals surface area contributed by atoms with E-state index in [-0.39, 0.29) is 12.1 Å². The van der Waals surface area contributed by atoms with Gasteiger partial charge in [-0.15, -0.1) is 0 Å². The van der Waals surface area contributed by atoms with E-state index in [0.717, 1.165) is 25.0 Å². The van der Waals surface area contributed by atoms with E-state index in [1.54, 1.807) is 6.20 Å². The van der Waals surface area contributed by atoms with Crippen LogP contribution in [0.3, 0.4) is 0 Å². The molecule has 0 spiro atoms. The fraction of sp³-hybridized carbons (Fsp3) is 0.583. The number of nitrogens with one attached hydrogen (secondary N) is 1. The maximum absolute atomic E-state index is 5.96. The number of anilines is 1. The molecule has 88 valence electrons. The molecule has 16 heavy (non-hydrogen) atoms. The van der Waals surface area contributed by atoms with Crippen molar-refractivity contribution in [2.24, 2.45) is 0 Å². The van der Waals surface area contributed by atoms with Crippen LogP contribution in [0.1, 0.15) is 30.0 Å². The highest BCUT2D eigenvalue weighted by Crippen LogP contribution is 2.30. The van der Waals surface area contributed by atoms with Crippen molar-refractivity contribution in [3.8, 4) is 0 Å². The first-order chi connectivity index (χ1) is 7.74. The largest absolute Gasteiger partial charge is 0.383 e. The van der Waals surface area contributed by atoms with Gasteiger partial charge in [0.2, 0.25) is 0 Å². The third-order valence-electron chi connectivity index (χ3n) is 3.20. The number of nitrogens with zero attached hydrogens (tertiary/aromatic N) is 1. The number of aryl methyl sites for hydroxylation is 1. The molecule has 0 bridgehead atoms. The maximum atomic E-state index is 5.96. The second kappa shape index (κ2) is 4.80. The first kappa shape index (κ1) is 11.4. The molecule has 1 saturated heterocycles. The van der Waals surface area contributed by atoms with Gasteiger partial charge in [-0.25, -0.2) is 4.98 Å². The average molecular weight is 221 g/mol. The van der Waals surface area contributed by atoms with Crippen LogP contribution in [0.25, 0.3) is 0 Å². The molecule has 1 aromatic rings. The van der Waals surface area contributed by atoms with Gasteiger partial charge in [0.05, 0.1) is 12.1 Å². The van der Waals surface area contributed by atoms with Crippen LogP contribution in [-0.4, -0.2) is 24.7 Å². The molecule has 1 aliphatic heterocycles. The highest BCUT2D eigenvalue weighted by atomic mass is 16.5. The molecule has 0 aliphatic carbocycles. The van der Waals surface area contributed by atoms with E-state index in [9.17, 15) is 0 Å². The Morgan fingerprint density at radius 1 is 1.62 bits per heavy atom. The van der Waals surface area contributed by atoms with Gasteiger partial charge in [0.25, 0.3) is 0 Å². The number of aromatic nitrogens is 1. The number of rotatable bonds is 3. The number of pyridine rings is 1. The minimum Gasteiger partial charge on any atom is -0.383 e. The molecule has 0 amide bonds. The number of hydrogen-bond acceptors (Lipinski definition) is 4. The number of nitrogen functional groups attached to an aromatic ring is 1. The lowest BCUT2D eigenvalue weighted by Gasteiger charge is -2.25. The fourth-order valence-electron chi connectivity index (χ4n) is 2.38. The molecule has 1 fully saturated rings. The maximum Gasteiger partial charge on any atom is 0.128 e. The Kier molecular flexibility index (Phi) is 3.41. The highest BCUT2D eigenvalue weighted by molar-refractivity contribution is 5.46. The fourth-order valence-corrected chi connectivity index (χ4v) is 2.38. The molecule has 1 aromatic heterocycles. The summed E-state index contributed by atoms with van der Waals surface area (Å²) in [4.78, 5) is 4.16. The topological polar surface area (TPSA) is 60.2 Å². The molecule has 0 radical (unpaired) electrons. The van der Waals surface area contributed by atoms with Crippen LogP contribution in [0.2, 0.25) is 0 Å². The molecule has 0 saturated carbocycles. The lowest BCUT2D eigenvalue weighted by atomic mass is 9.96. The van der Waals surface area contributed by atoms with Crippen LogP contribution in [0.4, 0.5) is 5.82 Å². The summed E-state index contributed by atoms with van der Waals surface area (Å²) in [6.07, 6.45) is 4.17. The van der Waals surface area contributed by atoms with Crippen molar-refractivity contribution in [1.82, 2.24) is 10.3 Å². The molecule has 2 rings (SSSR count). The normalized spacial score (nSPS) is 22.2. The molecular formula is C12H19N3O. The van der Waals surface area contributed by atoms with Gasteiger partial charge < -0.3 is 15.8 Å². The van der Waals surface area contributed by atoms with Crippen molar-refractivity contribution >= 4 is 5.82 Å². The molecule has 0 aromatic carbocycles. The Morgan fingerprint density at radius 2 is 2.44 bits per heavy atom. The van der Waals surface area contributed by atoms with E-state index >= 15 is 0 Å². The van der Waals surface area contributed by atoms with Gasteiger partial charge in [0.1, 0.15) is 5.82 Å². The van der Waals surface area contributed by atoms with Crippen LogP contribution in [0.15, 0.2) is 12.3 Å². The second-order valence-electron chi connectivity index (χ2n) is 4.24. The van der Waals surface area contributed by atoms with Crippen molar-refractivity contribution in [3.63, 3.8) is 0 Å². The molecule has 3 N–H and O–H groups in total. The first-order valence-electron chi connectivity index (χ1n) is 5.74. The van der Waals surface area contributed by atoms with Crippen molar-refractivity contribution in [2.75, 3.05) is 19.4 Å². The summed E-state index contributed by atoms with van der Waals surface area (Å²) >= 11 is 0. The number of likely N-dealkylation sites (N-methyl/N-ethyl adjacent to an activating group) is 1. The molecule has 2 unspecified atom stereocenters. The van der Waals surface area contributed by atoms with E-state index in [1.807, 2.05) is 13.1 Å². The van der Waals surface area contributed by atoms with Crippen LogP contribution in [-0.2, 0) is 4.74 Å². The summed E-state index contributed by atoms with van der Waals surface area (Å²) in [5.74, 6) is 0.606. The minimum absolute atomic E-state index is 0.149. The van der Waals surface area contributed by atoms with E-state index in [0.29, 0.717) is 5.82 Å². The van der Waals surface area contributed by atoms with Gasteiger partial charge in [0.15, 0.2) is 0 Å². The van der Waals surface area contributed by atoms with Gasteiger partial charge in [-0.1, -0.05) is 0 Å². The van der Waals surface area contributed by atoms with Crippen LogP contribution in [0, 0.1) is 6.92 Å². The Morgan fingerprint density at radius 3 is 3.00 bits per heavy atom. The molecule has 4 heteroatoms. The van der Waals surface area contributed by atoms with Gasteiger partial charge in [-0.3, -0.25) is 0 Å². The minimum atomic E-state index is 0.149. The van der Waals surface area contributed by atoms with Gasteiger partial charge in [0, 0.05) is 18.4 Å². The van der Waals surface area contributed by atoms with E-state index in [2.05, 4.69) is 17.2 Å². The van der Waals surface area contributed by atoms with Gasteiger partial charge >= 0.3 is 0 Å². The van der Waals surface area contributed by atoms with Crippen molar-refractivity contribution in [2.45, 2.75) is 31.9 Å². The summed E-state index contributed by atoms with van der Waals surface area (Å²) in [6.45, 7) is 2.91. The van der Waals surface area contributed by atoms with Crippen molar-refractivity contribution < 1.29 is 4.74 Å². The predicted molar refractivity (Wildman–Crippen MR) is 64.2 cm³/mol. The average Bonchev–Trinajstić information content (AvgIpc) is 2.77. The molecule has 1 aliphatic rings. The van der Waals surface area contributed by atoms with Gasteiger partial charge in [-0.2, -0.15) is 0 Å². The Balaban J connectivity index is 2.32. The Bertz CT molecular complexity index is 341. The smallest absolute Gasteiger partial charge is 0.128 e. The third-order valence-corrected chi connectivity index (χ3v) is 3.20. The predicted octanol–water partition coefficient (Wildman–Crippen LogP) is 1.41. The number of nitrogens with two attached hydrogens (primary N) is 1. The standard InChI is InChI=1S/C12H19N3O/c1-8-5-6-15-12(13)10(8)11(14-2)9-4-3-7-16-9/h5-6,9,11,14H,3-4,7H2,1-2H3,(H2,13,15). The zero-order valence-corrected chi connectivity index (χ0v) is 9.86. The van der Waals surface area contributed by atoms with E-state index in [4.69, 9.17) is 10.5 Å². The van der Waals surface area contributed by atoms with E-state index < -0.39 is 0 Å². The molecule has 4 nitrogen and oxygen atoms in total. The molecule has 2 atom stereocenters. The van der Waals surface area contributed by atoms with Crippen LogP contribution >= 0.6 is 0 Å². The van der Waals surface area contributed by atoms with Gasteiger partial charge in [-0.05, 0) is 38.4 Å². The summed E-state index contributed by atoms with van der Waals surface area (Å²) in [5, 5.41) is 3.30. The monoisotopic (exact) mass is 221 g/mol. The Labute approximate surface area is 96.2 Å². The van der Waals surface area contributed by atoms with Crippen molar-refractivity contribution in [1.29, 1.82) is 0 Å². The Hall–Kier alpha value is -1.13. The van der Waals surface area contributed by atoms with E-state index in [1.165, 1.54) is 5.56 Å². The zero-order valence-electron chi connectivity index (χ0n) is 9.86. The number of hydrogen-bond donors (Lipinski definition) is 2. The van der Waals surface area contributed by atoms with Crippen molar-refractivity contribution in [3.05, 3.63) is 23.4 Å². The first-order valence-corrected chi connectivity index (χ1v) is 5.74. The lowest BCUT2D eigenvalue weighted by molar-refractivity contribution is 0.0807.